The van der Waals surface area contributed by atoms with Gasteiger partial charge in [-0.05, 0) is 0 Å². The molecular formula is C6H8N2O2S. The lowest BCUT2D eigenvalue weighted by Gasteiger charge is -2.01. The normalized spacial score (nSPS) is 9.36. The van der Waals surface area contributed by atoms with Gasteiger partial charge in [0, 0.05) is 6.07 Å². The molecule has 0 spiro atoms. The predicted molar refractivity (Wildman–Crippen MR) is 42.4 cm³/mol. The zero-order chi connectivity index (χ0) is 8.27. The first-order valence-electron chi connectivity index (χ1n) is 2.92. The first-order valence-corrected chi connectivity index (χ1v) is 3.37. The Morgan fingerprint density at radius 2 is 2.00 bits per heavy atom. The van der Waals surface area contributed by atoms with Crippen LogP contribution in [0.15, 0.2) is 11.1 Å². The number of rotatable bonds is 2. The minimum absolute atomic E-state index is 0.259. The SMILES string of the molecule is COc1cc(S)nc(OC)n1. The maximum Gasteiger partial charge on any atom is 0.320 e. The van der Waals surface area contributed by atoms with E-state index < -0.39 is 0 Å². The Morgan fingerprint density at radius 1 is 1.27 bits per heavy atom. The minimum Gasteiger partial charge on any atom is -0.481 e. The average Bonchev–Trinajstić information content (AvgIpc) is 2.03. The first kappa shape index (κ1) is 8.13. The van der Waals surface area contributed by atoms with Crippen LogP contribution in [0.25, 0.3) is 0 Å². The molecule has 4 nitrogen and oxygen atoms in total. The van der Waals surface area contributed by atoms with Gasteiger partial charge < -0.3 is 9.47 Å². The Balaban J connectivity index is 3.02. The van der Waals surface area contributed by atoms with E-state index in [4.69, 9.17) is 9.47 Å². The van der Waals surface area contributed by atoms with Crippen LogP contribution in [0.4, 0.5) is 0 Å². The minimum atomic E-state index is 0.259. The van der Waals surface area contributed by atoms with E-state index >= 15 is 0 Å². The van der Waals surface area contributed by atoms with Crippen molar-refractivity contribution in [3.05, 3.63) is 6.07 Å². The van der Waals surface area contributed by atoms with E-state index in [0.29, 0.717) is 10.9 Å². The highest BCUT2D eigenvalue weighted by atomic mass is 32.1. The quantitative estimate of drug-likeness (QED) is 0.529. The third-order valence-corrected chi connectivity index (χ3v) is 1.29. The van der Waals surface area contributed by atoms with Gasteiger partial charge in [0.1, 0.15) is 5.03 Å². The second-order valence-corrected chi connectivity index (χ2v) is 2.21. The van der Waals surface area contributed by atoms with Crippen molar-refractivity contribution in [1.29, 1.82) is 0 Å². The van der Waals surface area contributed by atoms with E-state index in [1.54, 1.807) is 6.07 Å². The van der Waals surface area contributed by atoms with Crippen molar-refractivity contribution in [3.63, 3.8) is 0 Å². The van der Waals surface area contributed by atoms with Gasteiger partial charge in [0.2, 0.25) is 5.88 Å². The van der Waals surface area contributed by atoms with E-state index in [-0.39, 0.29) is 6.01 Å². The smallest absolute Gasteiger partial charge is 0.320 e. The van der Waals surface area contributed by atoms with Crippen LogP contribution < -0.4 is 9.47 Å². The lowest BCUT2D eigenvalue weighted by molar-refractivity contribution is 0.347. The molecule has 0 fully saturated rings. The molecule has 0 radical (unpaired) electrons. The van der Waals surface area contributed by atoms with Gasteiger partial charge in [-0.1, -0.05) is 0 Å². The van der Waals surface area contributed by atoms with Crippen LogP contribution >= 0.6 is 12.6 Å². The van der Waals surface area contributed by atoms with Crippen molar-refractivity contribution in [2.24, 2.45) is 0 Å². The molecule has 1 aromatic heterocycles. The highest BCUT2D eigenvalue weighted by Crippen LogP contribution is 2.14. The molecule has 0 atom stereocenters. The van der Waals surface area contributed by atoms with Crippen LogP contribution in [0.1, 0.15) is 0 Å². The number of hydrogen-bond donors (Lipinski definition) is 1. The molecule has 0 aliphatic carbocycles. The maximum absolute atomic E-state index is 4.86. The third-order valence-electron chi connectivity index (χ3n) is 1.06. The summed E-state index contributed by atoms with van der Waals surface area (Å²) < 4.78 is 9.64. The summed E-state index contributed by atoms with van der Waals surface area (Å²) in [6, 6.07) is 1.86. The zero-order valence-corrected chi connectivity index (χ0v) is 7.13. The Labute approximate surface area is 70.0 Å². The molecule has 1 aromatic rings. The van der Waals surface area contributed by atoms with Gasteiger partial charge in [-0.25, -0.2) is 0 Å². The molecule has 1 rings (SSSR count). The summed E-state index contributed by atoms with van der Waals surface area (Å²) in [4.78, 5) is 7.72. The van der Waals surface area contributed by atoms with Gasteiger partial charge in [-0.15, -0.1) is 12.6 Å². The molecule has 5 heteroatoms. The summed E-state index contributed by atoms with van der Waals surface area (Å²) >= 11 is 4.02. The van der Waals surface area contributed by atoms with Crippen LogP contribution in [0.2, 0.25) is 0 Å². The Bertz CT molecular complexity index is 232. The molecule has 0 aliphatic rings. The summed E-state index contributed by atoms with van der Waals surface area (Å²) in [6.07, 6.45) is 0. The number of methoxy groups -OCH3 is 2. The van der Waals surface area contributed by atoms with Crippen molar-refractivity contribution in [1.82, 2.24) is 9.97 Å². The fourth-order valence-corrected chi connectivity index (χ4v) is 0.784. The Hall–Kier alpha value is -0.970. The van der Waals surface area contributed by atoms with Crippen LogP contribution in [0.3, 0.4) is 0 Å². The van der Waals surface area contributed by atoms with E-state index in [2.05, 4.69) is 22.6 Å². The van der Waals surface area contributed by atoms with Crippen molar-refractivity contribution < 1.29 is 9.47 Å². The van der Waals surface area contributed by atoms with Crippen LogP contribution in [0, 0.1) is 0 Å². The van der Waals surface area contributed by atoms with Crippen LogP contribution in [-0.4, -0.2) is 24.2 Å². The first-order chi connectivity index (χ1) is 5.26. The Morgan fingerprint density at radius 3 is 2.55 bits per heavy atom. The lowest BCUT2D eigenvalue weighted by Crippen LogP contribution is -1.95. The maximum atomic E-state index is 4.86. The van der Waals surface area contributed by atoms with E-state index in [9.17, 15) is 0 Å². The molecule has 0 saturated heterocycles. The van der Waals surface area contributed by atoms with Crippen molar-refractivity contribution in [2.75, 3.05) is 14.2 Å². The molecular weight excluding hydrogens is 164 g/mol. The van der Waals surface area contributed by atoms with E-state index in [1.807, 2.05) is 0 Å². The van der Waals surface area contributed by atoms with Crippen molar-refractivity contribution >= 4 is 12.6 Å². The molecule has 0 saturated carbocycles. The van der Waals surface area contributed by atoms with Crippen molar-refractivity contribution in [2.45, 2.75) is 5.03 Å². The summed E-state index contributed by atoms with van der Waals surface area (Å²) in [7, 11) is 3.01. The largest absolute Gasteiger partial charge is 0.481 e. The van der Waals surface area contributed by atoms with Gasteiger partial charge in [0.25, 0.3) is 0 Å². The summed E-state index contributed by atoms with van der Waals surface area (Å²) in [5.41, 5.74) is 0. The number of hydrogen-bond acceptors (Lipinski definition) is 5. The average molecular weight is 172 g/mol. The van der Waals surface area contributed by atoms with Gasteiger partial charge in [0.05, 0.1) is 14.2 Å². The van der Waals surface area contributed by atoms with Gasteiger partial charge in [0.15, 0.2) is 0 Å². The van der Waals surface area contributed by atoms with Crippen LogP contribution in [0.5, 0.6) is 11.9 Å². The topological polar surface area (TPSA) is 44.2 Å². The van der Waals surface area contributed by atoms with Gasteiger partial charge in [-0.3, -0.25) is 0 Å². The van der Waals surface area contributed by atoms with Gasteiger partial charge in [-0.2, -0.15) is 9.97 Å². The Kier molecular flexibility index (Phi) is 2.53. The monoisotopic (exact) mass is 172 g/mol. The van der Waals surface area contributed by atoms with E-state index in [0.717, 1.165) is 0 Å². The molecule has 0 aromatic carbocycles. The van der Waals surface area contributed by atoms with Gasteiger partial charge >= 0.3 is 6.01 Å². The molecule has 0 bridgehead atoms. The molecule has 0 aliphatic heterocycles. The van der Waals surface area contributed by atoms with Crippen molar-refractivity contribution in [3.8, 4) is 11.9 Å². The predicted octanol–water partition coefficient (Wildman–Crippen LogP) is 0.782. The molecule has 0 unspecified atom stereocenters. The number of nitrogens with zero attached hydrogens (tertiary/aromatic N) is 2. The standard InChI is InChI=1S/C6H8N2O2S/c1-9-4-3-5(11)8-6(7-4)10-2/h3H,1-2H3,(H,7,8,11). The second kappa shape index (κ2) is 3.43. The highest BCUT2D eigenvalue weighted by Gasteiger charge is 2.00. The third kappa shape index (κ3) is 1.98. The fourth-order valence-electron chi connectivity index (χ4n) is 0.588. The lowest BCUT2D eigenvalue weighted by atomic mass is 10.6. The summed E-state index contributed by atoms with van der Waals surface area (Å²) in [5.74, 6) is 0.446. The summed E-state index contributed by atoms with van der Waals surface area (Å²) in [6.45, 7) is 0. The number of ether oxygens (including phenoxy) is 2. The van der Waals surface area contributed by atoms with Crippen LogP contribution in [-0.2, 0) is 0 Å². The molecule has 60 valence electrons. The number of aromatic nitrogens is 2. The molecule has 1 heterocycles. The molecule has 0 N–H and O–H groups in total. The molecule has 0 amide bonds. The zero-order valence-electron chi connectivity index (χ0n) is 6.24. The summed E-state index contributed by atoms with van der Waals surface area (Å²) in [5, 5.41) is 0.522. The fraction of sp³-hybridized carbons (Fsp3) is 0.333. The number of thiol groups is 1. The van der Waals surface area contributed by atoms with E-state index in [1.165, 1.54) is 14.2 Å². The highest BCUT2D eigenvalue weighted by molar-refractivity contribution is 7.80. The molecule has 11 heavy (non-hydrogen) atoms. The second-order valence-electron chi connectivity index (χ2n) is 1.76.